The van der Waals surface area contributed by atoms with Gasteiger partial charge in [-0.2, -0.15) is 4.31 Å². The van der Waals surface area contributed by atoms with Crippen molar-refractivity contribution in [3.8, 4) is 5.75 Å². The van der Waals surface area contributed by atoms with Gasteiger partial charge in [-0.05, 0) is 58.7 Å². The van der Waals surface area contributed by atoms with Gasteiger partial charge in [0.25, 0.3) is 0 Å². The number of rotatable bonds is 6. The molecule has 30 heavy (non-hydrogen) atoms. The number of nitrogens with one attached hydrogen (secondary N) is 3. The number of imide groups is 1. The lowest BCUT2D eigenvalue weighted by molar-refractivity contribution is -0.120. The van der Waals surface area contributed by atoms with Crippen LogP contribution in [0.25, 0.3) is 0 Å². The molecule has 3 amide bonds. The summed E-state index contributed by atoms with van der Waals surface area (Å²) in [6.45, 7) is 7.96. The van der Waals surface area contributed by atoms with Crippen molar-refractivity contribution in [2.24, 2.45) is 0 Å². The number of hydrogen-bond acceptors (Lipinski definition) is 6. The van der Waals surface area contributed by atoms with Gasteiger partial charge < -0.3 is 15.4 Å². The molecular weight excluding hydrogens is 408 g/mol. The number of sulfonamides is 1. The summed E-state index contributed by atoms with van der Waals surface area (Å²) in [5, 5.41) is 7.87. The van der Waals surface area contributed by atoms with Crippen molar-refractivity contribution in [1.29, 1.82) is 0 Å². The number of urea groups is 1. The second kappa shape index (κ2) is 9.65. The third-order valence-electron chi connectivity index (χ3n) is 4.60. The third kappa shape index (κ3) is 6.33. The van der Waals surface area contributed by atoms with Crippen LogP contribution in [0, 0.1) is 0 Å². The van der Waals surface area contributed by atoms with Crippen LogP contribution in [0.15, 0.2) is 23.1 Å². The van der Waals surface area contributed by atoms with Crippen molar-refractivity contribution < 1.29 is 22.7 Å². The molecule has 1 saturated heterocycles. The number of benzene rings is 1. The molecule has 2 rings (SSSR count). The van der Waals surface area contributed by atoms with Gasteiger partial charge in [0.15, 0.2) is 0 Å². The monoisotopic (exact) mass is 440 g/mol. The van der Waals surface area contributed by atoms with Crippen molar-refractivity contribution in [2.75, 3.05) is 25.5 Å². The number of carbonyl (C=O) groups excluding carboxylic acids is 2. The quantitative estimate of drug-likeness (QED) is 0.625. The van der Waals surface area contributed by atoms with Gasteiger partial charge in [0.2, 0.25) is 15.9 Å². The second-order valence-electron chi connectivity index (χ2n) is 8.39. The number of nitrogens with zero attached hydrogens (tertiary/aromatic N) is 1. The van der Waals surface area contributed by atoms with Crippen LogP contribution in [0.1, 0.15) is 47.0 Å². The normalized spacial score (nSPS) is 16.4. The first-order chi connectivity index (χ1) is 13.9. The van der Waals surface area contributed by atoms with Crippen molar-refractivity contribution >= 4 is 27.6 Å². The first kappa shape index (κ1) is 23.9. The second-order valence-corrected chi connectivity index (χ2v) is 10.3. The molecular formula is C20H32N4O5S. The largest absolute Gasteiger partial charge is 0.495 e. The Labute approximate surface area is 178 Å². The highest BCUT2D eigenvalue weighted by molar-refractivity contribution is 7.89. The maximum Gasteiger partial charge on any atom is 0.321 e. The van der Waals surface area contributed by atoms with E-state index < -0.39 is 33.5 Å². The molecule has 0 radical (unpaired) electrons. The molecule has 1 aromatic rings. The first-order valence-electron chi connectivity index (χ1n) is 10.0. The molecule has 0 aliphatic carbocycles. The van der Waals surface area contributed by atoms with E-state index in [0.29, 0.717) is 18.8 Å². The minimum atomic E-state index is -3.72. The highest BCUT2D eigenvalue weighted by Crippen LogP contribution is 2.31. The number of amides is 3. The Hall–Kier alpha value is -2.33. The van der Waals surface area contributed by atoms with E-state index in [1.807, 2.05) is 0 Å². The van der Waals surface area contributed by atoms with Crippen molar-refractivity contribution in [3.05, 3.63) is 18.2 Å². The summed E-state index contributed by atoms with van der Waals surface area (Å²) in [4.78, 5) is 24.3. The highest BCUT2D eigenvalue weighted by atomic mass is 32.2. The molecule has 10 heteroatoms. The van der Waals surface area contributed by atoms with E-state index in [9.17, 15) is 18.0 Å². The number of anilines is 1. The topological polar surface area (TPSA) is 117 Å². The fourth-order valence-electron chi connectivity index (χ4n) is 3.12. The first-order valence-corrected chi connectivity index (χ1v) is 11.5. The van der Waals surface area contributed by atoms with E-state index >= 15 is 0 Å². The standard InChI is InChI=1S/C20H32N4O5S/c1-14(18(25)22-19(26)23-20(2,3)4)21-15-9-10-16(29-5)17(13-15)30(27,28)24-11-7-6-8-12-24/h9-10,13-14,21H,6-8,11-12H2,1-5H3,(H2,22,23,25,26). The summed E-state index contributed by atoms with van der Waals surface area (Å²) >= 11 is 0. The van der Waals surface area contributed by atoms with E-state index in [2.05, 4.69) is 16.0 Å². The van der Waals surface area contributed by atoms with Gasteiger partial charge in [0.05, 0.1) is 7.11 Å². The fraction of sp³-hybridized carbons (Fsp3) is 0.600. The van der Waals surface area contributed by atoms with Gasteiger partial charge in [0.1, 0.15) is 16.7 Å². The maximum absolute atomic E-state index is 13.1. The van der Waals surface area contributed by atoms with Gasteiger partial charge in [-0.1, -0.05) is 6.42 Å². The molecule has 1 heterocycles. The van der Waals surface area contributed by atoms with Crippen molar-refractivity contribution in [1.82, 2.24) is 14.9 Å². The van der Waals surface area contributed by atoms with Crippen LogP contribution in [0.3, 0.4) is 0 Å². The minimum Gasteiger partial charge on any atom is -0.495 e. The van der Waals surface area contributed by atoms with Crippen LogP contribution in [0.4, 0.5) is 10.5 Å². The molecule has 1 fully saturated rings. The van der Waals surface area contributed by atoms with Gasteiger partial charge in [-0.15, -0.1) is 0 Å². The summed E-state index contributed by atoms with van der Waals surface area (Å²) < 4.78 is 32.9. The average molecular weight is 441 g/mol. The van der Waals surface area contributed by atoms with E-state index in [-0.39, 0.29) is 10.6 Å². The molecule has 0 saturated carbocycles. The lowest BCUT2D eigenvalue weighted by atomic mass is 10.1. The number of methoxy groups -OCH3 is 1. The van der Waals surface area contributed by atoms with Gasteiger partial charge in [-0.25, -0.2) is 13.2 Å². The van der Waals surface area contributed by atoms with Gasteiger partial charge in [0, 0.05) is 24.3 Å². The Morgan fingerprint density at radius 3 is 2.33 bits per heavy atom. The van der Waals surface area contributed by atoms with Crippen LogP contribution in [-0.4, -0.2) is 56.4 Å². The summed E-state index contributed by atoms with van der Waals surface area (Å²) in [7, 11) is -2.30. The van der Waals surface area contributed by atoms with E-state index in [0.717, 1.165) is 19.3 Å². The molecule has 1 atom stereocenters. The Morgan fingerprint density at radius 2 is 1.77 bits per heavy atom. The van der Waals surface area contributed by atoms with Crippen LogP contribution in [0.2, 0.25) is 0 Å². The maximum atomic E-state index is 13.1. The zero-order valence-electron chi connectivity index (χ0n) is 18.2. The summed E-state index contributed by atoms with van der Waals surface area (Å²) in [6, 6.07) is 3.28. The average Bonchev–Trinajstić information content (AvgIpc) is 2.67. The van der Waals surface area contributed by atoms with Crippen LogP contribution >= 0.6 is 0 Å². The Kier molecular flexibility index (Phi) is 7.70. The number of carbonyl (C=O) groups is 2. The molecule has 1 unspecified atom stereocenters. The van der Waals surface area contributed by atoms with Crippen LogP contribution in [0.5, 0.6) is 5.75 Å². The summed E-state index contributed by atoms with van der Waals surface area (Å²) in [6.07, 6.45) is 2.67. The SMILES string of the molecule is COc1ccc(NC(C)C(=O)NC(=O)NC(C)(C)C)cc1S(=O)(=O)N1CCCCC1. The Balaban J connectivity index is 2.16. The molecule has 1 aromatic carbocycles. The van der Waals surface area contributed by atoms with Crippen molar-refractivity contribution in [3.63, 3.8) is 0 Å². The third-order valence-corrected chi connectivity index (χ3v) is 6.52. The molecule has 9 nitrogen and oxygen atoms in total. The number of ether oxygens (including phenoxy) is 1. The zero-order chi connectivity index (χ0) is 22.5. The lowest BCUT2D eigenvalue weighted by Crippen LogP contribution is -2.51. The molecule has 0 bridgehead atoms. The minimum absolute atomic E-state index is 0.0509. The molecule has 1 aliphatic heterocycles. The van der Waals surface area contributed by atoms with E-state index in [1.54, 1.807) is 39.8 Å². The number of hydrogen-bond donors (Lipinski definition) is 3. The van der Waals surface area contributed by atoms with Crippen LogP contribution in [-0.2, 0) is 14.8 Å². The van der Waals surface area contributed by atoms with E-state index in [4.69, 9.17) is 4.74 Å². The summed E-state index contributed by atoms with van der Waals surface area (Å²) in [5.74, 6) is -0.291. The van der Waals surface area contributed by atoms with Crippen molar-refractivity contribution in [2.45, 2.75) is 63.4 Å². The Bertz CT molecular complexity index is 874. The van der Waals surface area contributed by atoms with E-state index in [1.165, 1.54) is 17.5 Å². The smallest absolute Gasteiger partial charge is 0.321 e. The zero-order valence-corrected chi connectivity index (χ0v) is 19.1. The Morgan fingerprint density at radius 1 is 1.13 bits per heavy atom. The molecule has 1 aliphatic rings. The highest BCUT2D eigenvalue weighted by Gasteiger charge is 2.29. The molecule has 168 valence electrons. The fourth-order valence-corrected chi connectivity index (χ4v) is 4.82. The molecule has 3 N–H and O–H groups in total. The predicted octanol–water partition coefficient (Wildman–Crippen LogP) is 2.29. The number of piperidine rings is 1. The van der Waals surface area contributed by atoms with Gasteiger partial charge in [-0.3, -0.25) is 10.1 Å². The van der Waals surface area contributed by atoms with Crippen LogP contribution < -0.4 is 20.7 Å². The summed E-state index contributed by atoms with van der Waals surface area (Å²) in [5.41, 5.74) is -0.0420. The van der Waals surface area contributed by atoms with Gasteiger partial charge >= 0.3 is 6.03 Å². The molecule has 0 aromatic heterocycles. The predicted molar refractivity (Wildman–Crippen MR) is 115 cm³/mol. The lowest BCUT2D eigenvalue weighted by Gasteiger charge is -2.27. The molecule has 0 spiro atoms.